The van der Waals surface area contributed by atoms with Crippen LogP contribution >= 0.6 is 0 Å². The molecule has 3 N–H and O–H groups in total. The number of nitrogens with zero attached hydrogens (tertiary/aromatic N) is 1. The monoisotopic (exact) mass is 123 g/mol. The number of aryl methyl sites for hydroxylation is 1. The molecule has 0 bridgehead atoms. The van der Waals surface area contributed by atoms with Crippen molar-refractivity contribution in [1.29, 1.82) is 5.41 Å². The van der Waals surface area contributed by atoms with Crippen LogP contribution in [0.5, 0.6) is 0 Å². The molecule has 0 amide bonds. The molecule has 3 heteroatoms. The van der Waals surface area contributed by atoms with Crippen LogP contribution in [-0.4, -0.2) is 10.4 Å². The Morgan fingerprint density at radius 1 is 1.78 bits per heavy atom. The zero-order valence-electron chi connectivity index (χ0n) is 5.26. The Morgan fingerprint density at radius 2 is 2.44 bits per heavy atom. The van der Waals surface area contributed by atoms with Gasteiger partial charge in [0.25, 0.3) is 0 Å². The van der Waals surface area contributed by atoms with Gasteiger partial charge in [0.15, 0.2) is 0 Å². The number of aromatic nitrogens is 1. The fraction of sp³-hybridized carbons (Fsp3) is 0.167. The van der Waals surface area contributed by atoms with Crippen LogP contribution in [0.15, 0.2) is 18.5 Å². The zero-order valence-corrected chi connectivity index (χ0v) is 5.26. The summed E-state index contributed by atoms with van der Waals surface area (Å²) in [6, 6.07) is 1.81. The van der Waals surface area contributed by atoms with Crippen LogP contribution in [-0.2, 0) is 7.05 Å². The molecule has 1 heterocycles. The van der Waals surface area contributed by atoms with Gasteiger partial charge in [-0.3, -0.25) is 5.41 Å². The van der Waals surface area contributed by atoms with Gasteiger partial charge < -0.3 is 10.3 Å². The first kappa shape index (κ1) is 5.88. The second-order valence-electron chi connectivity index (χ2n) is 1.98. The molecule has 0 saturated carbocycles. The Labute approximate surface area is 53.6 Å². The smallest absolute Gasteiger partial charge is 0.124 e. The van der Waals surface area contributed by atoms with Crippen molar-refractivity contribution >= 4 is 5.84 Å². The van der Waals surface area contributed by atoms with Crippen molar-refractivity contribution in [2.24, 2.45) is 12.8 Å². The average molecular weight is 123 g/mol. The Bertz CT molecular complexity index is 224. The Balaban J connectivity index is 2.98. The first-order chi connectivity index (χ1) is 4.20. The molecule has 48 valence electrons. The van der Waals surface area contributed by atoms with E-state index in [2.05, 4.69) is 0 Å². The topological polar surface area (TPSA) is 54.8 Å². The lowest BCUT2D eigenvalue weighted by Crippen LogP contribution is -2.09. The molecule has 3 nitrogen and oxygen atoms in total. The van der Waals surface area contributed by atoms with Gasteiger partial charge in [-0.15, -0.1) is 0 Å². The second-order valence-corrected chi connectivity index (χ2v) is 1.98. The summed E-state index contributed by atoms with van der Waals surface area (Å²) in [6.07, 6.45) is 3.67. The molecule has 0 aromatic carbocycles. The minimum Gasteiger partial charge on any atom is -0.384 e. The third-order valence-corrected chi connectivity index (χ3v) is 1.14. The third kappa shape index (κ3) is 1.10. The van der Waals surface area contributed by atoms with Gasteiger partial charge in [0.05, 0.1) is 0 Å². The third-order valence-electron chi connectivity index (χ3n) is 1.14. The highest BCUT2D eigenvalue weighted by atomic mass is 14.9. The number of nitrogens with one attached hydrogen (secondary N) is 1. The molecule has 0 aliphatic heterocycles. The maximum Gasteiger partial charge on any atom is 0.124 e. The predicted molar refractivity (Wildman–Crippen MR) is 36.4 cm³/mol. The lowest BCUT2D eigenvalue weighted by molar-refractivity contribution is 0.927. The van der Waals surface area contributed by atoms with Crippen LogP contribution in [0.25, 0.3) is 0 Å². The van der Waals surface area contributed by atoms with Crippen molar-refractivity contribution in [2.75, 3.05) is 0 Å². The lowest BCUT2D eigenvalue weighted by Gasteiger charge is -1.88. The highest BCUT2D eigenvalue weighted by Gasteiger charge is 1.94. The van der Waals surface area contributed by atoms with Crippen molar-refractivity contribution in [3.63, 3.8) is 0 Å². The van der Waals surface area contributed by atoms with Crippen molar-refractivity contribution in [3.05, 3.63) is 24.0 Å². The van der Waals surface area contributed by atoms with E-state index in [0.717, 1.165) is 5.56 Å². The van der Waals surface area contributed by atoms with Gasteiger partial charge in [0, 0.05) is 25.0 Å². The number of amidine groups is 1. The van der Waals surface area contributed by atoms with Crippen LogP contribution in [0.3, 0.4) is 0 Å². The second kappa shape index (κ2) is 1.93. The highest BCUT2D eigenvalue weighted by Crippen LogP contribution is 1.96. The van der Waals surface area contributed by atoms with Crippen LogP contribution in [0.1, 0.15) is 5.56 Å². The highest BCUT2D eigenvalue weighted by molar-refractivity contribution is 5.94. The van der Waals surface area contributed by atoms with Crippen LogP contribution in [0.2, 0.25) is 0 Å². The molecular weight excluding hydrogens is 114 g/mol. The van der Waals surface area contributed by atoms with Crippen LogP contribution in [0, 0.1) is 5.41 Å². The molecule has 1 rings (SSSR count). The van der Waals surface area contributed by atoms with Crippen molar-refractivity contribution < 1.29 is 0 Å². The van der Waals surface area contributed by atoms with E-state index in [1.165, 1.54) is 0 Å². The van der Waals surface area contributed by atoms with E-state index < -0.39 is 0 Å². The first-order valence-corrected chi connectivity index (χ1v) is 2.66. The van der Waals surface area contributed by atoms with E-state index in [1.807, 2.05) is 30.1 Å². The normalized spacial score (nSPS) is 9.44. The van der Waals surface area contributed by atoms with Gasteiger partial charge in [-0.2, -0.15) is 0 Å². The Kier molecular flexibility index (Phi) is 1.26. The van der Waals surface area contributed by atoms with E-state index in [-0.39, 0.29) is 5.84 Å². The van der Waals surface area contributed by atoms with Crippen molar-refractivity contribution in [1.82, 2.24) is 4.57 Å². The number of nitrogens with two attached hydrogens (primary N) is 1. The molecule has 1 aromatic rings. The molecule has 0 atom stereocenters. The van der Waals surface area contributed by atoms with Gasteiger partial charge in [0.2, 0.25) is 0 Å². The molecule has 0 fully saturated rings. The van der Waals surface area contributed by atoms with Crippen LogP contribution < -0.4 is 5.73 Å². The van der Waals surface area contributed by atoms with Crippen molar-refractivity contribution in [3.8, 4) is 0 Å². The number of hydrogen-bond acceptors (Lipinski definition) is 1. The molecule has 0 aliphatic carbocycles. The summed E-state index contributed by atoms with van der Waals surface area (Å²) >= 11 is 0. The van der Waals surface area contributed by atoms with Gasteiger partial charge in [-0.25, -0.2) is 0 Å². The quantitative estimate of drug-likeness (QED) is 0.410. The summed E-state index contributed by atoms with van der Waals surface area (Å²) in [5.74, 6) is 0.121. The van der Waals surface area contributed by atoms with Gasteiger partial charge in [0.1, 0.15) is 5.84 Å². The fourth-order valence-corrected chi connectivity index (χ4v) is 0.663. The van der Waals surface area contributed by atoms with E-state index in [1.54, 1.807) is 0 Å². The average Bonchev–Trinajstić information content (AvgIpc) is 2.14. The summed E-state index contributed by atoms with van der Waals surface area (Å²) in [5.41, 5.74) is 5.97. The molecule has 1 aromatic heterocycles. The minimum absolute atomic E-state index is 0.121. The molecule has 0 radical (unpaired) electrons. The molecule has 0 aliphatic rings. The number of nitrogen functional groups attached to an aromatic ring is 1. The van der Waals surface area contributed by atoms with Crippen LogP contribution in [0.4, 0.5) is 0 Å². The predicted octanol–water partition coefficient (Wildman–Crippen LogP) is 0.309. The van der Waals surface area contributed by atoms with E-state index in [0.29, 0.717) is 0 Å². The summed E-state index contributed by atoms with van der Waals surface area (Å²) < 4.78 is 1.86. The SMILES string of the molecule is Cn1ccc(C(=N)N)c1. The van der Waals surface area contributed by atoms with E-state index in [9.17, 15) is 0 Å². The molecular formula is C6H9N3. The van der Waals surface area contributed by atoms with E-state index >= 15 is 0 Å². The lowest BCUT2D eigenvalue weighted by atomic mass is 10.3. The molecule has 0 spiro atoms. The standard InChI is InChI=1S/C6H9N3/c1-9-3-2-5(4-9)6(7)8/h2-4H,1H3,(H3,7,8). The number of hydrogen-bond donors (Lipinski definition) is 2. The Morgan fingerprint density at radius 3 is 2.67 bits per heavy atom. The van der Waals surface area contributed by atoms with Gasteiger partial charge >= 0.3 is 0 Å². The maximum absolute atomic E-state index is 7.01. The summed E-state index contributed by atoms with van der Waals surface area (Å²) in [4.78, 5) is 0. The molecule has 0 unspecified atom stereocenters. The van der Waals surface area contributed by atoms with Gasteiger partial charge in [-0.1, -0.05) is 0 Å². The number of rotatable bonds is 1. The Hall–Kier alpha value is -1.25. The summed E-state index contributed by atoms with van der Waals surface area (Å²) in [7, 11) is 1.90. The van der Waals surface area contributed by atoms with E-state index in [4.69, 9.17) is 11.1 Å². The minimum atomic E-state index is 0.121. The summed E-state index contributed by atoms with van der Waals surface area (Å²) in [5, 5.41) is 7.01. The first-order valence-electron chi connectivity index (χ1n) is 2.66. The fourth-order valence-electron chi connectivity index (χ4n) is 0.663. The van der Waals surface area contributed by atoms with Crippen molar-refractivity contribution in [2.45, 2.75) is 0 Å². The molecule has 0 saturated heterocycles. The maximum atomic E-state index is 7.01. The summed E-state index contributed by atoms with van der Waals surface area (Å²) in [6.45, 7) is 0. The molecule has 9 heavy (non-hydrogen) atoms. The van der Waals surface area contributed by atoms with Gasteiger partial charge in [-0.05, 0) is 6.07 Å². The zero-order chi connectivity index (χ0) is 6.85. The largest absolute Gasteiger partial charge is 0.384 e.